The summed E-state index contributed by atoms with van der Waals surface area (Å²) < 4.78 is 44.3. The van der Waals surface area contributed by atoms with E-state index in [4.69, 9.17) is 16.2 Å². The predicted octanol–water partition coefficient (Wildman–Crippen LogP) is 3.10. The molecule has 1 fully saturated rings. The zero-order valence-electron chi connectivity index (χ0n) is 18.8. The van der Waals surface area contributed by atoms with Gasteiger partial charge in [-0.05, 0) is 42.8 Å². The molecule has 0 unspecified atom stereocenters. The number of amides is 1. The summed E-state index contributed by atoms with van der Waals surface area (Å²) in [5.41, 5.74) is 11.8. The van der Waals surface area contributed by atoms with E-state index in [9.17, 15) is 18.0 Å². The number of carbonyl (C=O) groups excluding carboxylic acids is 1. The number of halogens is 3. The molecular formula is C23H25F3N6O2. The van der Waals surface area contributed by atoms with E-state index in [-0.39, 0.29) is 29.0 Å². The van der Waals surface area contributed by atoms with Crippen LogP contribution in [-0.2, 0) is 6.18 Å². The number of carbonyl (C=O) groups is 1. The fraction of sp³-hybridized carbons (Fsp3) is 0.348. The number of benzene rings is 2. The van der Waals surface area contributed by atoms with Crippen molar-refractivity contribution >= 4 is 23.5 Å². The summed E-state index contributed by atoms with van der Waals surface area (Å²) in [6.07, 6.45) is -3.67. The van der Waals surface area contributed by atoms with Gasteiger partial charge in [-0.15, -0.1) is 0 Å². The van der Waals surface area contributed by atoms with Gasteiger partial charge in [-0.25, -0.2) is 4.99 Å². The molecule has 0 aliphatic carbocycles. The first-order valence-electron chi connectivity index (χ1n) is 10.6. The molecule has 2 aromatic rings. The first-order chi connectivity index (χ1) is 16.0. The largest absolute Gasteiger partial charge is 0.497 e. The number of alkyl halides is 3. The Balaban J connectivity index is 1.58. The Kier molecular flexibility index (Phi) is 5.88. The lowest BCUT2D eigenvalue weighted by molar-refractivity contribution is -0.137. The molecule has 1 saturated heterocycles. The molecule has 4 N–H and O–H groups in total. The lowest BCUT2D eigenvalue weighted by atomic mass is 9.93. The van der Waals surface area contributed by atoms with Gasteiger partial charge in [0, 0.05) is 43.2 Å². The number of ether oxygens (including phenoxy) is 1. The van der Waals surface area contributed by atoms with Crippen LogP contribution in [0.3, 0.4) is 0 Å². The van der Waals surface area contributed by atoms with Gasteiger partial charge in [0.2, 0.25) is 11.9 Å². The average molecular weight is 474 g/mol. The summed E-state index contributed by atoms with van der Waals surface area (Å²) in [7, 11) is 1.56. The fourth-order valence-corrected chi connectivity index (χ4v) is 4.44. The first-order valence-corrected chi connectivity index (χ1v) is 10.6. The number of methoxy groups -OCH3 is 1. The number of aliphatic imine (C=N–C) groups is 2. The lowest BCUT2D eigenvalue weighted by Gasteiger charge is -2.47. The number of aryl methyl sites for hydroxylation is 1. The maximum Gasteiger partial charge on any atom is 0.416 e. The SMILES string of the molecule is COc1cccc(N2C(N)=NC(N)=NC23CCN(C(=O)c2ccc(C(F)(F)F)cc2C)CC3)c1. The lowest BCUT2D eigenvalue weighted by Crippen LogP contribution is -2.62. The molecule has 180 valence electrons. The molecule has 0 bridgehead atoms. The summed E-state index contributed by atoms with van der Waals surface area (Å²) in [6, 6.07) is 10.4. The molecule has 0 aromatic heterocycles. The molecule has 1 spiro atoms. The smallest absolute Gasteiger partial charge is 0.416 e. The highest BCUT2D eigenvalue weighted by Crippen LogP contribution is 2.38. The van der Waals surface area contributed by atoms with Crippen molar-refractivity contribution in [2.24, 2.45) is 21.5 Å². The van der Waals surface area contributed by atoms with Crippen molar-refractivity contribution in [3.8, 4) is 5.75 Å². The van der Waals surface area contributed by atoms with Crippen molar-refractivity contribution in [3.63, 3.8) is 0 Å². The Hall–Kier alpha value is -3.76. The monoisotopic (exact) mass is 474 g/mol. The minimum Gasteiger partial charge on any atom is -0.497 e. The molecule has 8 nitrogen and oxygen atoms in total. The summed E-state index contributed by atoms with van der Waals surface area (Å²) in [5, 5.41) is 0. The number of piperidine rings is 1. The van der Waals surface area contributed by atoms with Gasteiger partial charge >= 0.3 is 6.18 Å². The van der Waals surface area contributed by atoms with Crippen molar-refractivity contribution in [1.29, 1.82) is 0 Å². The topological polar surface area (TPSA) is 110 Å². The van der Waals surface area contributed by atoms with Gasteiger partial charge < -0.3 is 21.1 Å². The van der Waals surface area contributed by atoms with E-state index in [1.165, 1.54) is 13.0 Å². The van der Waals surface area contributed by atoms with Crippen molar-refractivity contribution in [1.82, 2.24) is 4.90 Å². The highest BCUT2D eigenvalue weighted by atomic mass is 19.4. The number of hydrogen-bond acceptors (Lipinski definition) is 7. The van der Waals surface area contributed by atoms with Crippen LogP contribution in [0.25, 0.3) is 0 Å². The minimum atomic E-state index is -4.46. The Morgan fingerprint density at radius 3 is 2.44 bits per heavy atom. The maximum atomic E-state index is 13.1. The fourth-order valence-electron chi connectivity index (χ4n) is 4.44. The number of nitrogens with two attached hydrogens (primary N) is 2. The molecule has 0 saturated carbocycles. The molecule has 2 aliphatic rings. The van der Waals surface area contributed by atoms with Crippen LogP contribution in [0.2, 0.25) is 0 Å². The molecule has 0 radical (unpaired) electrons. The van der Waals surface area contributed by atoms with Gasteiger partial charge in [-0.2, -0.15) is 18.2 Å². The second-order valence-corrected chi connectivity index (χ2v) is 8.28. The Bertz CT molecular complexity index is 1170. The molecule has 11 heteroatoms. The van der Waals surface area contributed by atoms with Crippen LogP contribution in [0.1, 0.15) is 34.3 Å². The number of nitrogens with zero attached hydrogens (tertiary/aromatic N) is 4. The third-order valence-corrected chi connectivity index (χ3v) is 6.14. The molecule has 1 amide bonds. The van der Waals surface area contributed by atoms with Crippen LogP contribution in [0.15, 0.2) is 52.4 Å². The van der Waals surface area contributed by atoms with Crippen molar-refractivity contribution < 1.29 is 22.7 Å². The van der Waals surface area contributed by atoms with Crippen molar-refractivity contribution in [2.45, 2.75) is 31.6 Å². The predicted molar refractivity (Wildman–Crippen MR) is 123 cm³/mol. The molecule has 34 heavy (non-hydrogen) atoms. The number of likely N-dealkylation sites (tertiary alicyclic amines) is 1. The number of guanidine groups is 2. The standard InChI is InChI=1S/C23H25F3N6O2/c1-14-12-15(23(24,25)26)6-7-18(14)19(33)31-10-8-22(9-11-31)30-20(27)29-21(28)32(22)16-4-3-5-17(13-16)34-2/h3-7,12-13H,8-11H2,1-2H3,(H4,27,28,29,30). The summed E-state index contributed by atoms with van der Waals surface area (Å²) in [4.78, 5) is 25.3. The maximum absolute atomic E-state index is 13.1. The molecular weight excluding hydrogens is 449 g/mol. The summed E-state index contributed by atoms with van der Waals surface area (Å²) >= 11 is 0. The van der Waals surface area contributed by atoms with Crippen molar-refractivity contribution in [3.05, 3.63) is 59.2 Å². The quantitative estimate of drug-likeness (QED) is 0.711. The highest BCUT2D eigenvalue weighted by Gasteiger charge is 2.45. The number of hydrogen-bond donors (Lipinski definition) is 2. The van der Waals surface area contributed by atoms with E-state index >= 15 is 0 Å². The molecule has 2 aromatic carbocycles. The Labute approximate surface area is 194 Å². The van der Waals surface area contributed by atoms with Crippen LogP contribution in [0.4, 0.5) is 18.9 Å². The molecule has 4 rings (SSSR count). The Morgan fingerprint density at radius 1 is 1.12 bits per heavy atom. The van der Waals surface area contributed by atoms with E-state index in [2.05, 4.69) is 9.98 Å². The van der Waals surface area contributed by atoms with Crippen LogP contribution in [0, 0.1) is 6.92 Å². The van der Waals surface area contributed by atoms with Crippen LogP contribution >= 0.6 is 0 Å². The van der Waals surface area contributed by atoms with Gasteiger partial charge in [-0.1, -0.05) is 6.07 Å². The summed E-state index contributed by atoms with van der Waals surface area (Å²) in [6.45, 7) is 2.12. The third-order valence-electron chi connectivity index (χ3n) is 6.14. The number of rotatable bonds is 3. The van der Waals surface area contributed by atoms with Gasteiger partial charge in [0.25, 0.3) is 5.91 Å². The number of anilines is 1. The van der Waals surface area contributed by atoms with E-state index in [0.717, 1.165) is 17.8 Å². The molecule has 2 aliphatic heterocycles. The normalized spacial score (nSPS) is 17.9. The Morgan fingerprint density at radius 2 is 1.82 bits per heavy atom. The highest BCUT2D eigenvalue weighted by molar-refractivity contribution is 6.05. The summed E-state index contributed by atoms with van der Waals surface area (Å²) in [5.74, 6) is 0.533. The average Bonchev–Trinajstić information content (AvgIpc) is 2.78. The van der Waals surface area contributed by atoms with Gasteiger partial charge in [-0.3, -0.25) is 9.69 Å². The second-order valence-electron chi connectivity index (χ2n) is 8.28. The van der Waals surface area contributed by atoms with E-state index in [0.29, 0.717) is 31.7 Å². The van der Waals surface area contributed by atoms with Gasteiger partial charge in [0.1, 0.15) is 11.4 Å². The zero-order chi connectivity index (χ0) is 24.7. The van der Waals surface area contributed by atoms with E-state index in [1.54, 1.807) is 23.0 Å². The second kappa shape index (κ2) is 8.54. The van der Waals surface area contributed by atoms with Crippen LogP contribution in [-0.4, -0.2) is 48.6 Å². The minimum absolute atomic E-state index is 0.0509. The van der Waals surface area contributed by atoms with E-state index < -0.39 is 17.4 Å². The third kappa shape index (κ3) is 4.25. The van der Waals surface area contributed by atoms with Crippen molar-refractivity contribution in [2.75, 3.05) is 25.1 Å². The van der Waals surface area contributed by atoms with Crippen LogP contribution < -0.4 is 21.1 Å². The van der Waals surface area contributed by atoms with Crippen LogP contribution in [0.5, 0.6) is 5.75 Å². The first kappa shape index (κ1) is 23.4. The van der Waals surface area contributed by atoms with Gasteiger partial charge in [0.05, 0.1) is 12.7 Å². The molecule has 2 heterocycles. The molecule has 0 atom stereocenters. The van der Waals surface area contributed by atoms with Gasteiger partial charge in [0.15, 0.2) is 0 Å². The zero-order valence-corrected chi connectivity index (χ0v) is 18.8. The van der Waals surface area contributed by atoms with E-state index in [1.807, 2.05) is 18.2 Å².